The van der Waals surface area contributed by atoms with Crippen LogP contribution in [0.1, 0.15) is 42.8 Å². The summed E-state index contributed by atoms with van der Waals surface area (Å²) in [6.45, 7) is 5.49. The maximum absolute atomic E-state index is 12.4. The SMILES string of the molecule is Cc1nc(CC(=O)N[C@H]2CN(CC3CCC3)C[C@@H]2C2CC2)cs1.Cl. The number of aryl methyl sites for hydroxylation is 1. The molecule has 0 unspecified atom stereocenters. The lowest BCUT2D eigenvalue weighted by Crippen LogP contribution is -2.42. The summed E-state index contributed by atoms with van der Waals surface area (Å²) in [5.74, 6) is 2.60. The molecule has 2 heterocycles. The number of carbonyl (C=O) groups is 1. The second-order valence-electron chi connectivity index (χ2n) is 7.73. The van der Waals surface area contributed by atoms with E-state index in [1.165, 1.54) is 45.2 Å². The first-order valence-corrected chi connectivity index (χ1v) is 9.98. The second kappa shape index (κ2) is 7.71. The van der Waals surface area contributed by atoms with Gasteiger partial charge in [0.25, 0.3) is 0 Å². The summed E-state index contributed by atoms with van der Waals surface area (Å²) < 4.78 is 0. The Bertz CT molecular complexity index is 570. The van der Waals surface area contributed by atoms with Crippen molar-refractivity contribution in [2.45, 2.75) is 51.5 Å². The van der Waals surface area contributed by atoms with Crippen molar-refractivity contribution < 1.29 is 4.79 Å². The Morgan fingerprint density at radius 1 is 1.33 bits per heavy atom. The molecule has 0 bridgehead atoms. The average Bonchev–Trinajstić information content (AvgIpc) is 3.12. The molecule has 0 spiro atoms. The predicted molar refractivity (Wildman–Crippen MR) is 99.7 cm³/mol. The molecule has 4 rings (SSSR count). The topological polar surface area (TPSA) is 45.2 Å². The minimum absolute atomic E-state index is 0. The van der Waals surface area contributed by atoms with Crippen LogP contribution in [0.5, 0.6) is 0 Å². The van der Waals surface area contributed by atoms with Crippen LogP contribution in [-0.4, -0.2) is 41.5 Å². The number of thiazole rings is 1. The molecular formula is C18H28ClN3OS. The molecule has 1 aromatic heterocycles. The summed E-state index contributed by atoms with van der Waals surface area (Å²) in [6, 6.07) is 0.356. The van der Waals surface area contributed by atoms with Gasteiger partial charge in [-0.1, -0.05) is 6.42 Å². The lowest BCUT2D eigenvalue weighted by atomic mass is 9.85. The molecule has 0 radical (unpaired) electrons. The van der Waals surface area contributed by atoms with E-state index in [1.54, 1.807) is 11.3 Å². The zero-order valence-corrected chi connectivity index (χ0v) is 16.0. The molecule has 1 saturated heterocycles. The number of carbonyl (C=O) groups excluding carboxylic acids is 1. The highest BCUT2D eigenvalue weighted by molar-refractivity contribution is 7.09. The number of likely N-dealkylation sites (tertiary alicyclic amines) is 1. The number of aromatic nitrogens is 1. The molecule has 134 valence electrons. The highest BCUT2D eigenvalue weighted by Gasteiger charge is 2.43. The third kappa shape index (κ3) is 4.30. The molecule has 4 nitrogen and oxygen atoms in total. The zero-order valence-electron chi connectivity index (χ0n) is 14.4. The van der Waals surface area contributed by atoms with Crippen molar-refractivity contribution in [1.29, 1.82) is 0 Å². The summed E-state index contributed by atoms with van der Waals surface area (Å²) in [7, 11) is 0. The smallest absolute Gasteiger partial charge is 0.226 e. The quantitative estimate of drug-likeness (QED) is 0.838. The van der Waals surface area contributed by atoms with Gasteiger partial charge >= 0.3 is 0 Å². The fraction of sp³-hybridized carbons (Fsp3) is 0.778. The monoisotopic (exact) mass is 369 g/mol. The van der Waals surface area contributed by atoms with E-state index in [0.717, 1.165) is 29.1 Å². The molecule has 0 aromatic carbocycles. The molecule has 1 amide bonds. The maximum Gasteiger partial charge on any atom is 0.226 e. The van der Waals surface area contributed by atoms with Gasteiger partial charge in [0, 0.05) is 31.1 Å². The van der Waals surface area contributed by atoms with Gasteiger partial charge in [0.15, 0.2) is 0 Å². The van der Waals surface area contributed by atoms with Gasteiger partial charge in [0.2, 0.25) is 5.91 Å². The first-order chi connectivity index (χ1) is 11.2. The van der Waals surface area contributed by atoms with Crippen LogP contribution in [0.4, 0.5) is 0 Å². The maximum atomic E-state index is 12.4. The standard InChI is InChI=1S/C18H27N3OS.ClH/c1-12-19-15(11-23-12)7-18(22)20-17-10-21(8-13-3-2-4-13)9-16(17)14-5-6-14;/h11,13-14,16-17H,2-10H2,1H3,(H,20,22);1H/t16-,17+;/m1./s1. The van der Waals surface area contributed by atoms with Gasteiger partial charge < -0.3 is 10.2 Å². The molecule has 1 N–H and O–H groups in total. The number of halogens is 1. The van der Waals surface area contributed by atoms with E-state index in [2.05, 4.69) is 15.2 Å². The Kier molecular flexibility index (Phi) is 5.83. The zero-order chi connectivity index (χ0) is 15.8. The minimum Gasteiger partial charge on any atom is -0.351 e. The van der Waals surface area contributed by atoms with Crippen molar-refractivity contribution in [2.24, 2.45) is 17.8 Å². The molecular weight excluding hydrogens is 342 g/mol. The van der Waals surface area contributed by atoms with Gasteiger partial charge in [0.05, 0.1) is 17.1 Å². The van der Waals surface area contributed by atoms with Gasteiger partial charge in [0.1, 0.15) is 0 Å². The predicted octanol–water partition coefficient (Wildman–Crippen LogP) is 3.04. The fourth-order valence-corrected chi connectivity index (χ4v) is 4.78. The molecule has 2 atom stereocenters. The van der Waals surface area contributed by atoms with E-state index >= 15 is 0 Å². The van der Waals surface area contributed by atoms with Crippen molar-refractivity contribution in [3.8, 4) is 0 Å². The fourth-order valence-electron chi connectivity index (χ4n) is 4.17. The molecule has 1 aliphatic heterocycles. The van der Waals surface area contributed by atoms with Crippen LogP contribution in [0.25, 0.3) is 0 Å². The third-order valence-corrected chi connectivity index (χ3v) is 6.59. The molecule has 3 fully saturated rings. The van der Waals surface area contributed by atoms with Crippen LogP contribution in [0, 0.1) is 24.7 Å². The molecule has 6 heteroatoms. The average molecular weight is 370 g/mol. The lowest BCUT2D eigenvalue weighted by Gasteiger charge is -2.30. The number of nitrogens with one attached hydrogen (secondary N) is 1. The number of nitrogens with zero attached hydrogens (tertiary/aromatic N) is 2. The van der Waals surface area contributed by atoms with Crippen LogP contribution in [0.15, 0.2) is 5.38 Å². The Hall–Kier alpha value is -0.650. The van der Waals surface area contributed by atoms with E-state index in [9.17, 15) is 4.79 Å². The van der Waals surface area contributed by atoms with E-state index in [4.69, 9.17) is 0 Å². The molecule has 2 saturated carbocycles. The van der Waals surface area contributed by atoms with Crippen LogP contribution >= 0.6 is 23.7 Å². The summed E-state index contributed by atoms with van der Waals surface area (Å²) in [5, 5.41) is 6.37. The number of hydrogen-bond donors (Lipinski definition) is 1. The minimum atomic E-state index is 0. The van der Waals surface area contributed by atoms with Crippen LogP contribution < -0.4 is 5.32 Å². The molecule has 2 aliphatic carbocycles. The van der Waals surface area contributed by atoms with Crippen molar-refractivity contribution in [3.63, 3.8) is 0 Å². The van der Waals surface area contributed by atoms with Gasteiger partial charge in [-0.2, -0.15) is 0 Å². The molecule has 1 aromatic rings. The third-order valence-electron chi connectivity index (χ3n) is 5.76. The Morgan fingerprint density at radius 2 is 2.12 bits per heavy atom. The summed E-state index contributed by atoms with van der Waals surface area (Å²) in [6.07, 6.45) is 7.38. The van der Waals surface area contributed by atoms with Gasteiger partial charge in [-0.05, 0) is 50.4 Å². The van der Waals surface area contributed by atoms with Crippen molar-refractivity contribution in [1.82, 2.24) is 15.2 Å². The van der Waals surface area contributed by atoms with Gasteiger partial charge in [-0.25, -0.2) is 4.98 Å². The Balaban J connectivity index is 0.00000169. The van der Waals surface area contributed by atoms with Gasteiger partial charge in [-0.3, -0.25) is 4.79 Å². The van der Waals surface area contributed by atoms with Crippen LogP contribution in [0.3, 0.4) is 0 Å². The van der Waals surface area contributed by atoms with Crippen LogP contribution in [0.2, 0.25) is 0 Å². The second-order valence-corrected chi connectivity index (χ2v) is 8.79. The summed E-state index contributed by atoms with van der Waals surface area (Å²) in [5.41, 5.74) is 0.914. The van der Waals surface area contributed by atoms with E-state index in [0.29, 0.717) is 18.4 Å². The van der Waals surface area contributed by atoms with Crippen LogP contribution in [-0.2, 0) is 11.2 Å². The Labute approximate surface area is 154 Å². The highest BCUT2D eigenvalue weighted by Crippen LogP contribution is 2.42. The van der Waals surface area contributed by atoms with E-state index in [1.807, 2.05) is 12.3 Å². The number of amides is 1. The normalized spacial score (nSPS) is 27.5. The van der Waals surface area contributed by atoms with Crippen molar-refractivity contribution in [2.75, 3.05) is 19.6 Å². The summed E-state index contributed by atoms with van der Waals surface area (Å²) >= 11 is 1.62. The lowest BCUT2D eigenvalue weighted by molar-refractivity contribution is -0.121. The van der Waals surface area contributed by atoms with E-state index in [-0.39, 0.29) is 18.3 Å². The highest BCUT2D eigenvalue weighted by atomic mass is 35.5. The first kappa shape index (κ1) is 18.2. The van der Waals surface area contributed by atoms with E-state index < -0.39 is 0 Å². The first-order valence-electron chi connectivity index (χ1n) is 9.10. The largest absolute Gasteiger partial charge is 0.351 e. The Morgan fingerprint density at radius 3 is 2.71 bits per heavy atom. The van der Waals surface area contributed by atoms with Gasteiger partial charge in [-0.15, -0.1) is 23.7 Å². The van der Waals surface area contributed by atoms with Crippen molar-refractivity contribution >= 4 is 29.7 Å². The molecule has 3 aliphatic rings. The number of rotatable bonds is 6. The van der Waals surface area contributed by atoms with Crippen molar-refractivity contribution in [3.05, 3.63) is 16.1 Å². The molecule has 24 heavy (non-hydrogen) atoms. The number of hydrogen-bond acceptors (Lipinski definition) is 4. The summed E-state index contributed by atoms with van der Waals surface area (Å²) in [4.78, 5) is 19.4.